The van der Waals surface area contributed by atoms with E-state index in [2.05, 4.69) is 22.8 Å². The quantitative estimate of drug-likeness (QED) is 0.456. The Labute approximate surface area is 147 Å². The summed E-state index contributed by atoms with van der Waals surface area (Å²) in [5, 5.41) is 18.4. The van der Waals surface area contributed by atoms with Crippen molar-refractivity contribution in [1.29, 1.82) is 0 Å². The van der Waals surface area contributed by atoms with Crippen LogP contribution in [-0.4, -0.2) is 29.9 Å². The molecule has 1 fully saturated rings. The molecule has 1 aliphatic rings. The molecular formula is C17H22N3O3S-. The number of carbonyl (C=O) groups excluding carboxylic acids is 1. The number of aliphatic carboxylic acids is 1. The number of hydrogen-bond acceptors (Lipinski definition) is 5. The van der Waals surface area contributed by atoms with Crippen molar-refractivity contribution in [3.05, 3.63) is 29.8 Å². The van der Waals surface area contributed by atoms with Crippen molar-refractivity contribution >= 4 is 29.5 Å². The van der Waals surface area contributed by atoms with Crippen LogP contribution in [0.15, 0.2) is 29.4 Å². The topological polar surface area (TPSA) is 85.8 Å². The van der Waals surface area contributed by atoms with Gasteiger partial charge in [0.15, 0.2) is 5.11 Å². The second-order valence-corrected chi connectivity index (χ2v) is 6.32. The van der Waals surface area contributed by atoms with Crippen molar-refractivity contribution in [1.82, 2.24) is 10.7 Å². The maximum atomic E-state index is 10.5. The van der Waals surface area contributed by atoms with Gasteiger partial charge in [-0.15, -0.1) is 0 Å². The number of carbonyl (C=O) groups is 1. The van der Waals surface area contributed by atoms with Crippen molar-refractivity contribution in [3.8, 4) is 5.75 Å². The average Bonchev–Trinajstić information content (AvgIpc) is 2.56. The first kappa shape index (κ1) is 18.2. The lowest BCUT2D eigenvalue weighted by Gasteiger charge is -2.30. The molecule has 0 spiro atoms. The number of carboxylic acid groups (broad SMARTS) is 1. The molecule has 24 heavy (non-hydrogen) atoms. The fourth-order valence-electron chi connectivity index (χ4n) is 2.75. The highest BCUT2D eigenvalue weighted by Crippen LogP contribution is 2.23. The summed E-state index contributed by atoms with van der Waals surface area (Å²) in [4.78, 5) is 10.5. The molecule has 1 aromatic carbocycles. The molecule has 2 rings (SSSR count). The molecule has 0 heterocycles. The Balaban J connectivity index is 1.86. The van der Waals surface area contributed by atoms with Gasteiger partial charge < -0.3 is 20.0 Å². The minimum Gasteiger partial charge on any atom is -0.546 e. The van der Waals surface area contributed by atoms with Crippen LogP contribution >= 0.6 is 12.2 Å². The summed E-state index contributed by atoms with van der Waals surface area (Å²) in [6.07, 6.45) is 6.37. The third kappa shape index (κ3) is 5.81. The van der Waals surface area contributed by atoms with E-state index >= 15 is 0 Å². The molecule has 6 nitrogen and oxygen atoms in total. The molecule has 0 saturated heterocycles. The zero-order chi connectivity index (χ0) is 17.4. The molecule has 0 unspecified atom stereocenters. The van der Waals surface area contributed by atoms with Crippen LogP contribution < -0.4 is 20.6 Å². The number of ether oxygens (including phenoxy) is 1. The number of nitrogens with one attached hydrogen (secondary N) is 2. The first-order chi connectivity index (χ1) is 11.6. The lowest BCUT2D eigenvalue weighted by atomic mass is 9.86. The van der Waals surface area contributed by atoms with E-state index < -0.39 is 12.6 Å². The number of thiocarbonyl (C=S) groups is 1. The standard InChI is InChI=1S/C17H23N3O3S/c1-12-6-2-4-8-14(12)19-17(24)20-18-10-13-7-3-5-9-15(13)23-11-16(21)22/h3,5,7,9-10,12,14H,2,4,6,8,11H2,1H3,(H,21,22)(H2,19,20,24)/p-1/b18-10-/t12-,14+/m0/s1. The molecule has 130 valence electrons. The Morgan fingerprint density at radius 2 is 2.17 bits per heavy atom. The van der Waals surface area contributed by atoms with Gasteiger partial charge in [0.25, 0.3) is 0 Å². The van der Waals surface area contributed by atoms with Gasteiger partial charge in [-0.1, -0.05) is 31.9 Å². The van der Waals surface area contributed by atoms with Crippen LogP contribution in [-0.2, 0) is 4.79 Å². The number of benzene rings is 1. The number of rotatable bonds is 6. The van der Waals surface area contributed by atoms with Crippen LogP contribution in [0.3, 0.4) is 0 Å². The molecule has 0 aliphatic heterocycles. The molecule has 1 aliphatic carbocycles. The number of para-hydroxylation sites is 1. The molecule has 0 amide bonds. The third-order valence-corrected chi connectivity index (χ3v) is 4.27. The highest BCUT2D eigenvalue weighted by Gasteiger charge is 2.21. The molecule has 1 aromatic rings. The van der Waals surface area contributed by atoms with Gasteiger partial charge in [-0.05, 0) is 43.1 Å². The van der Waals surface area contributed by atoms with E-state index in [-0.39, 0.29) is 0 Å². The number of nitrogens with zero attached hydrogens (tertiary/aromatic N) is 1. The number of hydrazone groups is 1. The zero-order valence-electron chi connectivity index (χ0n) is 13.7. The second-order valence-electron chi connectivity index (χ2n) is 5.91. The number of carboxylic acids is 1. The van der Waals surface area contributed by atoms with E-state index in [1.54, 1.807) is 24.4 Å². The van der Waals surface area contributed by atoms with Gasteiger partial charge in [-0.25, -0.2) is 0 Å². The highest BCUT2D eigenvalue weighted by molar-refractivity contribution is 7.80. The average molecular weight is 348 g/mol. The third-order valence-electron chi connectivity index (χ3n) is 4.06. The van der Waals surface area contributed by atoms with Crippen LogP contribution in [0.25, 0.3) is 0 Å². The molecule has 2 N–H and O–H groups in total. The largest absolute Gasteiger partial charge is 0.546 e. The summed E-state index contributed by atoms with van der Waals surface area (Å²) < 4.78 is 5.16. The van der Waals surface area contributed by atoms with E-state index in [0.717, 1.165) is 6.42 Å². The molecule has 0 aromatic heterocycles. The van der Waals surface area contributed by atoms with Crippen LogP contribution in [0, 0.1) is 5.92 Å². The summed E-state index contributed by atoms with van der Waals surface area (Å²) in [5.74, 6) is -0.250. The van der Waals surface area contributed by atoms with Gasteiger partial charge in [0.1, 0.15) is 12.4 Å². The zero-order valence-corrected chi connectivity index (χ0v) is 14.5. The summed E-state index contributed by atoms with van der Waals surface area (Å²) in [6, 6.07) is 7.40. The minimum atomic E-state index is -1.27. The Morgan fingerprint density at radius 1 is 1.42 bits per heavy atom. The predicted octanol–water partition coefficient (Wildman–Crippen LogP) is 1.19. The van der Waals surface area contributed by atoms with Gasteiger partial charge >= 0.3 is 0 Å². The summed E-state index contributed by atoms with van der Waals surface area (Å²) in [6.45, 7) is 1.73. The molecule has 0 radical (unpaired) electrons. The van der Waals surface area contributed by atoms with Crippen molar-refractivity contribution in [2.24, 2.45) is 11.0 Å². The normalized spacial score (nSPS) is 20.5. The monoisotopic (exact) mass is 348 g/mol. The lowest BCUT2D eigenvalue weighted by molar-refractivity contribution is -0.307. The van der Waals surface area contributed by atoms with Gasteiger partial charge in [0, 0.05) is 11.6 Å². The number of hydrogen-bond donors (Lipinski definition) is 2. The van der Waals surface area contributed by atoms with Crippen molar-refractivity contribution in [2.75, 3.05) is 6.61 Å². The Hall–Kier alpha value is -2.15. The van der Waals surface area contributed by atoms with E-state index in [1.807, 2.05) is 6.07 Å². The summed E-state index contributed by atoms with van der Waals surface area (Å²) in [7, 11) is 0. The van der Waals surface area contributed by atoms with Crippen molar-refractivity contribution in [2.45, 2.75) is 38.6 Å². The summed E-state index contributed by atoms with van der Waals surface area (Å²) in [5.41, 5.74) is 3.45. The maximum absolute atomic E-state index is 10.5. The van der Waals surface area contributed by atoms with E-state index in [9.17, 15) is 9.90 Å². The van der Waals surface area contributed by atoms with E-state index in [0.29, 0.717) is 28.4 Å². The molecule has 0 bridgehead atoms. The molecule has 2 atom stereocenters. The predicted molar refractivity (Wildman–Crippen MR) is 94.8 cm³/mol. The van der Waals surface area contributed by atoms with E-state index in [4.69, 9.17) is 17.0 Å². The first-order valence-corrected chi connectivity index (χ1v) is 8.48. The van der Waals surface area contributed by atoms with Crippen LogP contribution in [0.2, 0.25) is 0 Å². The molecular weight excluding hydrogens is 326 g/mol. The second kappa shape index (κ2) is 9.22. The molecule has 1 saturated carbocycles. The van der Waals surface area contributed by atoms with Gasteiger partial charge in [-0.2, -0.15) is 5.10 Å². The highest BCUT2D eigenvalue weighted by atomic mass is 32.1. The fourth-order valence-corrected chi connectivity index (χ4v) is 2.95. The fraction of sp³-hybridized carbons (Fsp3) is 0.471. The Kier molecular flexibility index (Phi) is 6.99. The Bertz CT molecular complexity index is 606. The van der Waals surface area contributed by atoms with Crippen LogP contribution in [0.4, 0.5) is 0 Å². The van der Waals surface area contributed by atoms with Crippen molar-refractivity contribution in [3.63, 3.8) is 0 Å². The van der Waals surface area contributed by atoms with Crippen LogP contribution in [0.5, 0.6) is 5.75 Å². The van der Waals surface area contributed by atoms with Crippen molar-refractivity contribution < 1.29 is 14.6 Å². The van der Waals surface area contributed by atoms with Gasteiger partial charge in [0.05, 0.1) is 12.2 Å². The SMILES string of the molecule is C[C@H]1CCCC[C@H]1NC(=S)N/N=C\c1ccccc1OCC(=O)[O-]. The van der Waals surface area contributed by atoms with Gasteiger partial charge in [0.2, 0.25) is 0 Å². The van der Waals surface area contributed by atoms with Gasteiger partial charge in [-0.3, -0.25) is 5.43 Å². The lowest BCUT2D eigenvalue weighted by Crippen LogP contribution is -2.44. The maximum Gasteiger partial charge on any atom is 0.187 e. The molecule has 7 heteroatoms. The van der Waals surface area contributed by atoms with E-state index in [1.165, 1.54) is 19.3 Å². The minimum absolute atomic E-state index is 0.382. The first-order valence-electron chi connectivity index (χ1n) is 8.07. The summed E-state index contributed by atoms with van der Waals surface area (Å²) >= 11 is 5.27. The van der Waals surface area contributed by atoms with Crippen LogP contribution in [0.1, 0.15) is 38.2 Å². The Morgan fingerprint density at radius 3 is 2.92 bits per heavy atom. The smallest absolute Gasteiger partial charge is 0.187 e.